The summed E-state index contributed by atoms with van der Waals surface area (Å²) in [5.74, 6) is -2.08. The number of hydrogen-bond acceptors (Lipinski definition) is 7. The molecule has 2 N–H and O–H groups in total. The van der Waals surface area contributed by atoms with Crippen molar-refractivity contribution in [3.8, 4) is 5.75 Å². The minimum absolute atomic E-state index is 0.0841. The number of hydrazine groups is 1. The van der Waals surface area contributed by atoms with Crippen molar-refractivity contribution in [2.45, 2.75) is 19.9 Å². The van der Waals surface area contributed by atoms with Crippen molar-refractivity contribution in [1.82, 2.24) is 20.6 Å². The third-order valence-corrected chi connectivity index (χ3v) is 4.79. The predicted molar refractivity (Wildman–Crippen MR) is 120 cm³/mol. The van der Waals surface area contributed by atoms with Gasteiger partial charge in [-0.15, -0.1) is 0 Å². The van der Waals surface area contributed by atoms with E-state index in [4.69, 9.17) is 21.1 Å². The van der Waals surface area contributed by atoms with Crippen molar-refractivity contribution < 1.29 is 23.9 Å². The number of ether oxygens (including phenoxy) is 2. The minimum atomic E-state index is -0.881. The van der Waals surface area contributed by atoms with E-state index in [-0.39, 0.29) is 22.6 Å². The maximum Gasteiger partial charge on any atom is 0.359 e. The number of aryl methyl sites for hydroxylation is 1. The van der Waals surface area contributed by atoms with Crippen LogP contribution in [0.2, 0.25) is 5.02 Å². The van der Waals surface area contributed by atoms with E-state index in [0.29, 0.717) is 28.8 Å². The van der Waals surface area contributed by atoms with Crippen LogP contribution in [0.1, 0.15) is 34.2 Å². The fraction of sp³-hybridized carbons (Fsp3) is 0.227. The first-order valence-corrected chi connectivity index (χ1v) is 10.3. The largest absolute Gasteiger partial charge is 0.496 e. The monoisotopic (exact) mass is 472 g/mol. The zero-order valence-corrected chi connectivity index (χ0v) is 18.6. The maximum atomic E-state index is 12.6. The average Bonchev–Trinajstić information content (AvgIpc) is 2.82. The second-order valence-corrected chi connectivity index (χ2v) is 7.28. The number of amides is 2. The van der Waals surface area contributed by atoms with Crippen LogP contribution in [0.5, 0.6) is 5.75 Å². The molecule has 0 unspecified atom stereocenters. The molecule has 10 nitrogen and oxygen atoms in total. The molecule has 0 radical (unpaired) electrons. The Morgan fingerprint density at radius 1 is 1.09 bits per heavy atom. The van der Waals surface area contributed by atoms with Gasteiger partial charge in [-0.3, -0.25) is 25.2 Å². The summed E-state index contributed by atoms with van der Waals surface area (Å²) in [7, 11) is 1.39. The van der Waals surface area contributed by atoms with Gasteiger partial charge >= 0.3 is 5.97 Å². The molecule has 0 atom stereocenters. The van der Waals surface area contributed by atoms with Gasteiger partial charge in [0, 0.05) is 17.0 Å². The van der Waals surface area contributed by atoms with Crippen molar-refractivity contribution in [2.24, 2.45) is 0 Å². The molecule has 0 aliphatic heterocycles. The van der Waals surface area contributed by atoms with E-state index in [9.17, 15) is 19.2 Å². The molecular weight excluding hydrogens is 452 g/mol. The molecule has 33 heavy (non-hydrogen) atoms. The van der Waals surface area contributed by atoms with Gasteiger partial charge in [-0.2, -0.15) is 5.10 Å². The zero-order chi connectivity index (χ0) is 24.0. The molecule has 172 valence electrons. The van der Waals surface area contributed by atoms with Crippen molar-refractivity contribution in [3.63, 3.8) is 0 Å². The zero-order valence-electron chi connectivity index (χ0n) is 17.9. The van der Waals surface area contributed by atoms with Crippen LogP contribution < -0.4 is 21.1 Å². The molecular formula is C22H21ClN4O6. The summed E-state index contributed by atoms with van der Waals surface area (Å²) in [6, 6.07) is 11.0. The lowest BCUT2D eigenvalue weighted by molar-refractivity contribution is -0.125. The fourth-order valence-corrected chi connectivity index (χ4v) is 3.21. The molecule has 0 saturated heterocycles. The van der Waals surface area contributed by atoms with Crippen molar-refractivity contribution >= 4 is 40.2 Å². The Kier molecular flexibility index (Phi) is 7.62. The summed E-state index contributed by atoms with van der Waals surface area (Å²) >= 11 is 5.90. The highest BCUT2D eigenvalue weighted by Crippen LogP contribution is 2.22. The number of aromatic nitrogens is 2. The molecule has 1 heterocycles. The van der Waals surface area contributed by atoms with Crippen molar-refractivity contribution in [1.29, 1.82) is 0 Å². The standard InChI is InChI=1S/C22H21ClN4O6/c1-3-10-27-21(30)15-7-5-4-6-14(15)19(26-27)22(31)33-12-18(28)24-25-20(29)16-11-13(23)8-9-17(16)32-2/h4-9,11H,3,10,12H2,1-2H3,(H,24,28)(H,25,29). The molecule has 0 fully saturated rings. The first-order chi connectivity index (χ1) is 15.8. The second-order valence-electron chi connectivity index (χ2n) is 6.85. The van der Waals surface area contributed by atoms with Crippen LogP contribution in [0, 0.1) is 0 Å². The van der Waals surface area contributed by atoms with Gasteiger partial charge in [-0.25, -0.2) is 9.48 Å². The highest BCUT2D eigenvalue weighted by molar-refractivity contribution is 6.31. The first-order valence-electron chi connectivity index (χ1n) is 9.95. The average molecular weight is 473 g/mol. The molecule has 3 aromatic rings. The number of halogens is 1. The van der Waals surface area contributed by atoms with Gasteiger partial charge < -0.3 is 9.47 Å². The number of benzene rings is 2. The van der Waals surface area contributed by atoms with Gasteiger partial charge in [-0.1, -0.05) is 36.7 Å². The fourth-order valence-electron chi connectivity index (χ4n) is 3.04. The van der Waals surface area contributed by atoms with Gasteiger partial charge in [0.2, 0.25) is 0 Å². The molecule has 1 aromatic heterocycles. The Labute approximate surface area is 193 Å². The van der Waals surface area contributed by atoms with E-state index in [1.165, 1.54) is 23.9 Å². The van der Waals surface area contributed by atoms with E-state index < -0.39 is 24.4 Å². The smallest absolute Gasteiger partial charge is 0.359 e. The molecule has 11 heteroatoms. The topological polar surface area (TPSA) is 129 Å². The molecule has 0 spiro atoms. The number of carbonyl (C=O) groups is 3. The van der Waals surface area contributed by atoms with Crippen LogP contribution in [0.25, 0.3) is 10.8 Å². The van der Waals surface area contributed by atoms with Crippen LogP contribution in [-0.2, 0) is 16.1 Å². The van der Waals surface area contributed by atoms with Gasteiger partial charge in [0.15, 0.2) is 12.3 Å². The quantitative estimate of drug-likeness (QED) is 0.398. The highest BCUT2D eigenvalue weighted by atomic mass is 35.5. The van der Waals surface area contributed by atoms with E-state index in [2.05, 4.69) is 16.0 Å². The van der Waals surface area contributed by atoms with Gasteiger partial charge in [0.1, 0.15) is 5.75 Å². The van der Waals surface area contributed by atoms with Crippen LogP contribution in [-0.4, -0.2) is 41.3 Å². The van der Waals surface area contributed by atoms with Crippen LogP contribution in [0.4, 0.5) is 0 Å². The summed E-state index contributed by atoms with van der Waals surface area (Å²) in [4.78, 5) is 49.5. The number of rotatable bonds is 7. The molecule has 0 aliphatic rings. The lowest BCUT2D eigenvalue weighted by Crippen LogP contribution is -2.43. The second kappa shape index (κ2) is 10.6. The predicted octanol–water partition coefficient (Wildman–Crippen LogP) is 2.09. The number of fused-ring (bicyclic) bond motifs is 1. The Balaban J connectivity index is 1.67. The third-order valence-electron chi connectivity index (χ3n) is 4.55. The summed E-state index contributed by atoms with van der Waals surface area (Å²) < 4.78 is 11.3. The number of hydrogen-bond donors (Lipinski definition) is 2. The van der Waals surface area contributed by atoms with E-state index in [1.54, 1.807) is 30.3 Å². The van der Waals surface area contributed by atoms with E-state index in [0.717, 1.165) is 0 Å². The lowest BCUT2D eigenvalue weighted by Gasteiger charge is -2.12. The van der Waals surface area contributed by atoms with Crippen LogP contribution in [0.15, 0.2) is 47.3 Å². The summed E-state index contributed by atoms with van der Waals surface area (Å²) in [6.45, 7) is 1.51. The first kappa shape index (κ1) is 23.7. The minimum Gasteiger partial charge on any atom is -0.496 e. The number of nitrogens with one attached hydrogen (secondary N) is 2. The van der Waals surface area contributed by atoms with Crippen molar-refractivity contribution in [3.05, 3.63) is 69.1 Å². The Hall–Kier alpha value is -3.92. The van der Waals surface area contributed by atoms with Crippen LogP contribution >= 0.6 is 11.6 Å². The number of esters is 1. The molecule has 2 aromatic carbocycles. The van der Waals surface area contributed by atoms with E-state index in [1.807, 2.05) is 6.92 Å². The summed E-state index contributed by atoms with van der Waals surface area (Å²) in [6.07, 6.45) is 0.638. The molecule has 2 amide bonds. The third kappa shape index (κ3) is 5.47. The SMILES string of the molecule is CCCn1nc(C(=O)OCC(=O)NNC(=O)c2cc(Cl)ccc2OC)c2ccccc2c1=O. The Bertz CT molecular complexity index is 1270. The van der Waals surface area contributed by atoms with Gasteiger partial charge in [-0.05, 0) is 30.7 Å². The normalized spacial score (nSPS) is 10.5. The molecule has 0 bridgehead atoms. The van der Waals surface area contributed by atoms with E-state index >= 15 is 0 Å². The summed E-state index contributed by atoms with van der Waals surface area (Å²) in [5, 5.41) is 5.06. The number of methoxy groups -OCH3 is 1. The van der Waals surface area contributed by atoms with Gasteiger partial charge in [0.25, 0.3) is 17.4 Å². The van der Waals surface area contributed by atoms with Crippen LogP contribution in [0.3, 0.4) is 0 Å². The molecule has 0 aliphatic carbocycles. The Morgan fingerprint density at radius 3 is 2.52 bits per heavy atom. The number of nitrogens with zero attached hydrogens (tertiary/aromatic N) is 2. The van der Waals surface area contributed by atoms with Gasteiger partial charge in [0.05, 0.1) is 18.1 Å². The molecule has 3 rings (SSSR count). The summed E-state index contributed by atoms with van der Waals surface area (Å²) in [5.41, 5.74) is 4.05. The lowest BCUT2D eigenvalue weighted by atomic mass is 10.1. The number of carbonyl (C=O) groups excluding carboxylic acids is 3. The van der Waals surface area contributed by atoms with Crippen molar-refractivity contribution in [2.75, 3.05) is 13.7 Å². The molecule has 0 saturated carbocycles. The highest BCUT2D eigenvalue weighted by Gasteiger charge is 2.19. The maximum absolute atomic E-state index is 12.6. The Morgan fingerprint density at radius 2 is 1.82 bits per heavy atom.